The molecule has 0 fully saturated rings. The number of nitrogens with zero attached hydrogens (tertiary/aromatic N) is 1. The van der Waals surface area contributed by atoms with Gasteiger partial charge in [0.15, 0.2) is 0 Å². The molecular formula is C8H12N2O4. The fourth-order valence-corrected chi connectivity index (χ4v) is 0.604. The van der Waals surface area contributed by atoms with Crippen molar-refractivity contribution in [1.82, 2.24) is 9.97 Å². The predicted octanol–water partition coefficient (Wildman–Crippen LogP) is 0.216. The Morgan fingerprint density at radius 1 is 1.64 bits per heavy atom. The molecule has 0 radical (unpaired) electrons. The predicted molar refractivity (Wildman–Crippen MR) is 47.6 cm³/mol. The molecule has 1 heterocycles. The van der Waals surface area contributed by atoms with Crippen molar-refractivity contribution in [3.05, 3.63) is 18.2 Å². The quantitative estimate of drug-likeness (QED) is 0.666. The van der Waals surface area contributed by atoms with Gasteiger partial charge in [0.2, 0.25) is 0 Å². The van der Waals surface area contributed by atoms with E-state index in [0.717, 1.165) is 6.92 Å². The number of imidazole rings is 1. The zero-order chi connectivity index (χ0) is 11.0. The molecule has 0 saturated carbocycles. The number of aromatic nitrogens is 2. The van der Waals surface area contributed by atoms with Crippen molar-refractivity contribution in [1.29, 1.82) is 0 Å². The van der Waals surface area contributed by atoms with Gasteiger partial charge in [-0.05, 0) is 0 Å². The molecule has 0 atom stereocenters. The average Bonchev–Trinajstić information content (AvgIpc) is 2.55. The second-order valence-corrected chi connectivity index (χ2v) is 2.31. The number of hydrogen-bond donors (Lipinski definition) is 2. The Bertz CT molecular complexity index is 278. The summed E-state index contributed by atoms with van der Waals surface area (Å²) >= 11 is 0. The van der Waals surface area contributed by atoms with Crippen LogP contribution in [0.2, 0.25) is 0 Å². The normalized spacial score (nSPS) is 8.43. The Balaban J connectivity index is 0.000000364. The van der Waals surface area contributed by atoms with E-state index in [1.807, 2.05) is 0 Å². The first-order valence-corrected chi connectivity index (χ1v) is 3.81. The molecule has 0 spiro atoms. The van der Waals surface area contributed by atoms with Gasteiger partial charge >= 0.3 is 5.97 Å². The van der Waals surface area contributed by atoms with E-state index < -0.39 is 5.97 Å². The number of nitrogens with one attached hydrogen (secondary N) is 1. The number of aromatic amines is 1. The minimum atomic E-state index is -0.833. The molecule has 0 unspecified atom stereocenters. The molecule has 0 aliphatic heterocycles. The van der Waals surface area contributed by atoms with Crippen molar-refractivity contribution >= 4 is 11.9 Å². The third-order valence-electron chi connectivity index (χ3n) is 1.09. The van der Waals surface area contributed by atoms with Crippen LogP contribution < -0.4 is 0 Å². The first-order valence-electron chi connectivity index (χ1n) is 3.81. The molecule has 0 aliphatic rings. The molecule has 0 aliphatic carbocycles. The largest absolute Gasteiger partial charge is 0.481 e. The summed E-state index contributed by atoms with van der Waals surface area (Å²) in [6.07, 6.45) is 3.47. The van der Waals surface area contributed by atoms with Crippen LogP contribution in [-0.2, 0) is 20.7 Å². The van der Waals surface area contributed by atoms with Crippen molar-refractivity contribution in [2.24, 2.45) is 0 Å². The number of carboxylic acid groups (broad SMARTS) is 1. The lowest BCUT2D eigenvalue weighted by Crippen LogP contribution is -2.05. The molecule has 14 heavy (non-hydrogen) atoms. The highest BCUT2D eigenvalue weighted by molar-refractivity contribution is 5.71. The molecule has 1 rings (SSSR count). The van der Waals surface area contributed by atoms with Crippen LogP contribution in [-0.4, -0.2) is 34.1 Å². The Kier molecular flexibility index (Phi) is 5.77. The zero-order valence-electron chi connectivity index (χ0n) is 7.98. The number of carboxylic acids is 1. The smallest absolute Gasteiger partial charge is 0.313 e. The Labute approximate surface area is 80.9 Å². The van der Waals surface area contributed by atoms with Crippen molar-refractivity contribution < 1.29 is 19.4 Å². The number of hydrogen-bond acceptors (Lipinski definition) is 4. The van der Waals surface area contributed by atoms with Crippen molar-refractivity contribution in [2.75, 3.05) is 7.11 Å². The maximum Gasteiger partial charge on any atom is 0.313 e. The molecule has 1 aromatic heterocycles. The number of aliphatic carboxylic acids is 1. The van der Waals surface area contributed by atoms with Gasteiger partial charge in [-0.25, -0.2) is 4.98 Å². The lowest BCUT2D eigenvalue weighted by Gasteiger charge is -1.93. The summed E-state index contributed by atoms with van der Waals surface area (Å²) in [7, 11) is 1.35. The lowest BCUT2D eigenvalue weighted by molar-refractivity contribution is -0.140. The molecule has 78 valence electrons. The first kappa shape index (κ1) is 12.2. The Morgan fingerprint density at radius 2 is 2.21 bits per heavy atom. The summed E-state index contributed by atoms with van der Waals surface area (Å²) in [5, 5.41) is 7.42. The maximum atomic E-state index is 10.6. The van der Waals surface area contributed by atoms with Gasteiger partial charge in [-0.3, -0.25) is 9.59 Å². The summed E-state index contributed by atoms with van der Waals surface area (Å²) in [6, 6.07) is 0. The average molecular weight is 200 g/mol. The van der Waals surface area contributed by atoms with Gasteiger partial charge < -0.3 is 14.8 Å². The maximum absolute atomic E-state index is 10.6. The summed E-state index contributed by atoms with van der Waals surface area (Å²) in [4.78, 5) is 26.2. The van der Waals surface area contributed by atoms with Gasteiger partial charge in [-0.15, -0.1) is 0 Å². The number of carbonyl (C=O) groups excluding carboxylic acids is 1. The van der Waals surface area contributed by atoms with Crippen molar-refractivity contribution in [3.8, 4) is 0 Å². The van der Waals surface area contributed by atoms with Crippen molar-refractivity contribution in [3.63, 3.8) is 0 Å². The van der Waals surface area contributed by atoms with Crippen LogP contribution in [0.1, 0.15) is 12.7 Å². The topological polar surface area (TPSA) is 92.3 Å². The lowest BCUT2D eigenvalue weighted by atomic mass is 10.4. The fourth-order valence-electron chi connectivity index (χ4n) is 0.604. The molecule has 0 bridgehead atoms. The summed E-state index contributed by atoms with van der Waals surface area (Å²) < 4.78 is 4.42. The molecule has 6 nitrogen and oxygen atoms in total. The highest BCUT2D eigenvalue weighted by Gasteiger charge is 2.02. The zero-order valence-corrected chi connectivity index (χ0v) is 7.98. The van der Waals surface area contributed by atoms with E-state index in [1.165, 1.54) is 7.11 Å². The van der Waals surface area contributed by atoms with Gasteiger partial charge in [0.25, 0.3) is 5.97 Å². The van der Waals surface area contributed by atoms with E-state index in [-0.39, 0.29) is 12.4 Å². The highest BCUT2D eigenvalue weighted by Crippen LogP contribution is 1.90. The number of rotatable bonds is 2. The molecule has 6 heteroatoms. The van der Waals surface area contributed by atoms with Crippen LogP contribution in [0.4, 0.5) is 0 Å². The van der Waals surface area contributed by atoms with E-state index in [2.05, 4.69) is 14.7 Å². The number of H-pyrrole nitrogens is 1. The van der Waals surface area contributed by atoms with Gasteiger partial charge in [0.05, 0.1) is 7.11 Å². The van der Waals surface area contributed by atoms with E-state index in [9.17, 15) is 4.79 Å². The fraction of sp³-hybridized carbons (Fsp3) is 0.375. The Morgan fingerprint density at radius 3 is 2.57 bits per heavy atom. The number of ether oxygens (including phenoxy) is 1. The van der Waals surface area contributed by atoms with E-state index in [1.54, 1.807) is 12.4 Å². The van der Waals surface area contributed by atoms with E-state index in [4.69, 9.17) is 9.90 Å². The van der Waals surface area contributed by atoms with E-state index >= 15 is 0 Å². The van der Waals surface area contributed by atoms with Crippen molar-refractivity contribution in [2.45, 2.75) is 13.3 Å². The van der Waals surface area contributed by atoms with Crippen LogP contribution >= 0.6 is 0 Å². The number of esters is 1. The monoisotopic (exact) mass is 200 g/mol. The molecule has 0 saturated heterocycles. The van der Waals surface area contributed by atoms with Gasteiger partial charge in [0, 0.05) is 19.3 Å². The van der Waals surface area contributed by atoms with Gasteiger partial charge in [-0.2, -0.15) is 0 Å². The van der Waals surface area contributed by atoms with Gasteiger partial charge in [-0.1, -0.05) is 0 Å². The molecule has 0 aromatic carbocycles. The van der Waals surface area contributed by atoms with E-state index in [0.29, 0.717) is 5.82 Å². The van der Waals surface area contributed by atoms with Gasteiger partial charge in [0.1, 0.15) is 12.2 Å². The van der Waals surface area contributed by atoms with Crippen LogP contribution in [0, 0.1) is 0 Å². The second-order valence-electron chi connectivity index (χ2n) is 2.31. The number of carbonyl (C=O) groups is 2. The van der Waals surface area contributed by atoms with Crippen LogP contribution in [0.25, 0.3) is 0 Å². The second kappa shape index (κ2) is 6.64. The highest BCUT2D eigenvalue weighted by atomic mass is 16.5. The van der Waals surface area contributed by atoms with Crippen LogP contribution in [0.3, 0.4) is 0 Å². The third-order valence-corrected chi connectivity index (χ3v) is 1.09. The Hall–Kier alpha value is -1.85. The van der Waals surface area contributed by atoms with Crippen LogP contribution in [0.15, 0.2) is 12.4 Å². The third kappa shape index (κ3) is 6.84. The first-order chi connectivity index (χ1) is 6.56. The summed E-state index contributed by atoms with van der Waals surface area (Å²) in [5.41, 5.74) is 0. The van der Waals surface area contributed by atoms with Crippen LogP contribution in [0.5, 0.6) is 0 Å². The minimum absolute atomic E-state index is 0.212. The number of methoxy groups -OCH3 is 1. The molecule has 0 amide bonds. The standard InChI is InChI=1S/C6H8N2O2.C2H4O2/c1-10-6(9)4-5-7-2-3-8-5;1-2(3)4/h2-3H,4H2,1H3,(H,7,8);1H3,(H,3,4). The summed E-state index contributed by atoms with van der Waals surface area (Å²) in [6.45, 7) is 1.08. The molecule has 1 aromatic rings. The summed E-state index contributed by atoms with van der Waals surface area (Å²) in [5.74, 6) is -0.484. The minimum Gasteiger partial charge on any atom is -0.481 e. The molecule has 2 N–H and O–H groups in total. The SMILES string of the molecule is CC(=O)O.COC(=O)Cc1ncc[nH]1. The molecular weight excluding hydrogens is 188 g/mol.